The molecule has 2 rings (SSSR count). The topological polar surface area (TPSA) is 35.8 Å². The predicted octanol–water partition coefficient (Wildman–Crippen LogP) is 3.47. The normalized spacial score (nSPS) is 12.5. The average molecular weight is 230 g/mol. The van der Waals surface area contributed by atoms with Crippen molar-refractivity contribution in [2.24, 2.45) is 0 Å². The van der Waals surface area contributed by atoms with Crippen LogP contribution in [-0.4, -0.2) is 6.54 Å². The second-order valence-electron chi connectivity index (χ2n) is 3.77. The molecule has 3 heteroatoms. The maximum atomic E-state index is 8.48. The smallest absolute Gasteiger partial charge is 0.0635 e. The van der Waals surface area contributed by atoms with Gasteiger partial charge in [-0.25, -0.2) is 0 Å². The van der Waals surface area contributed by atoms with E-state index in [-0.39, 0.29) is 0 Å². The van der Waals surface area contributed by atoms with Crippen LogP contribution >= 0.6 is 11.3 Å². The Hall–Kier alpha value is -1.37. The Bertz CT molecular complexity index is 477. The number of hydrogen-bond acceptors (Lipinski definition) is 3. The summed E-state index contributed by atoms with van der Waals surface area (Å²) in [6, 6.07) is 13.1. The van der Waals surface area contributed by atoms with Crippen LogP contribution in [0.25, 0.3) is 10.1 Å². The Labute approximate surface area is 99.5 Å². The second kappa shape index (κ2) is 5.11. The van der Waals surface area contributed by atoms with Gasteiger partial charge in [0.1, 0.15) is 0 Å². The predicted molar refractivity (Wildman–Crippen MR) is 68.5 cm³/mol. The van der Waals surface area contributed by atoms with Gasteiger partial charge in [0, 0.05) is 28.6 Å². The van der Waals surface area contributed by atoms with Crippen LogP contribution in [0.15, 0.2) is 30.3 Å². The summed E-state index contributed by atoms with van der Waals surface area (Å²) in [7, 11) is 0. The van der Waals surface area contributed by atoms with Crippen molar-refractivity contribution >= 4 is 21.4 Å². The summed E-state index contributed by atoms with van der Waals surface area (Å²) in [4.78, 5) is 1.33. The molecular weight excluding hydrogens is 216 g/mol. The molecule has 82 valence electrons. The van der Waals surface area contributed by atoms with Gasteiger partial charge in [0.25, 0.3) is 0 Å². The third kappa shape index (κ3) is 2.41. The van der Waals surface area contributed by atoms with Gasteiger partial charge in [-0.1, -0.05) is 18.2 Å². The van der Waals surface area contributed by atoms with Crippen molar-refractivity contribution < 1.29 is 0 Å². The highest BCUT2D eigenvalue weighted by Crippen LogP contribution is 2.29. The molecule has 16 heavy (non-hydrogen) atoms. The third-order valence-electron chi connectivity index (χ3n) is 2.56. The molecular formula is C13H14N2S. The zero-order valence-electron chi connectivity index (χ0n) is 9.23. The van der Waals surface area contributed by atoms with E-state index in [1.54, 1.807) is 0 Å². The molecule has 0 spiro atoms. The highest BCUT2D eigenvalue weighted by atomic mass is 32.1. The van der Waals surface area contributed by atoms with Gasteiger partial charge in [-0.3, -0.25) is 0 Å². The van der Waals surface area contributed by atoms with Gasteiger partial charge in [0.2, 0.25) is 0 Å². The van der Waals surface area contributed by atoms with Crippen LogP contribution in [0, 0.1) is 11.3 Å². The van der Waals surface area contributed by atoms with E-state index in [9.17, 15) is 0 Å². The van der Waals surface area contributed by atoms with Crippen molar-refractivity contribution in [2.45, 2.75) is 19.4 Å². The van der Waals surface area contributed by atoms with Gasteiger partial charge in [0.05, 0.1) is 6.07 Å². The van der Waals surface area contributed by atoms with Gasteiger partial charge in [-0.15, -0.1) is 11.3 Å². The van der Waals surface area contributed by atoms with Gasteiger partial charge in [-0.2, -0.15) is 5.26 Å². The molecule has 1 atom stereocenters. The fourth-order valence-electron chi connectivity index (χ4n) is 1.66. The third-order valence-corrected chi connectivity index (χ3v) is 3.86. The first kappa shape index (κ1) is 11.1. The lowest BCUT2D eigenvalue weighted by Crippen LogP contribution is -2.18. The van der Waals surface area contributed by atoms with Crippen LogP contribution in [0.4, 0.5) is 0 Å². The van der Waals surface area contributed by atoms with Crippen LogP contribution in [0.1, 0.15) is 24.3 Å². The highest BCUT2D eigenvalue weighted by Gasteiger charge is 2.08. The van der Waals surface area contributed by atoms with Crippen molar-refractivity contribution in [2.75, 3.05) is 6.54 Å². The molecule has 0 aliphatic rings. The van der Waals surface area contributed by atoms with Crippen molar-refractivity contribution in [3.8, 4) is 6.07 Å². The molecule has 0 amide bonds. The first-order valence-corrected chi connectivity index (χ1v) is 6.21. The Morgan fingerprint density at radius 2 is 2.25 bits per heavy atom. The zero-order chi connectivity index (χ0) is 11.4. The first-order chi connectivity index (χ1) is 7.81. The second-order valence-corrected chi connectivity index (χ2v) is 4.89. The van der Waals surface area contributed by atoms with Crippen LogP contribution in [-0.2, 0) is 0 Å². The average Bonchev–Trinajstić information content (AvgIpc) is 2.73. The van der Waals surface area contributed by atoms with E-state index in [0.717, 1.165) is 6.54 Å². The summed E-state index contributed by atoms with van der Waals surface area (Å²) in [6.45, 7) is 2.90. The number of thiophene rings is 1. The lowest BCUT2D eigenvalue weighted by Gasteiger charge is -2.09. The molecule has 0 saturated heterocycles. The van der Waals surface area contributed by atoms with Crippen molar-refractivity contribution in [3.63, 3.8) is 0 Å². The lowest BCUT2D eigenvalue weighted by atomic mass is 10.2. The molecule has 2 nitrogen and oxygen atoms in total. The number of fused-ring (bicyclic) bond motifs is 1. The van der Waals surface area contributed by atoms with E-state index in [0.29, 0.717) is 12.5 Å². The first-order valence-electron chi connectivity index (χ1n) is 5.40. The number of benzene rings is 1. The molecule has 0 fully saturated rings. The van der Waals surface area contributed by atoms with E-state index in [1.165, 1.54) is 15.0 Å². The minimum Gasteiger partial charge on any atom is -0.308 e. The van der Waals surface area contributed by atoms with Gasteiger partial charge >= 0.3 is 0 Å². The minimum atomic E-state index is 0.325. The van der Waals surface area contributed by atoms with E-state index >= 15 is 0 Å². The number of nitrogens with one attached hydrogen (secondary N) is 1. The molecule has 1 aromatic carbocycles. The summed E-state index contributed by atoms with van der Waals surface area (Å²) < 4.78 is 1.33. The van der Waals surface area contributed by atoms with Gasteiger partial charge in [-0.05, 0) is 24.4 Å². The Morgan fingerprint density at radius 3 is 3.00 bits per heavy atom. The van der Waals surface area contributed by atoms with Crippen molar-refractivity contribution in [3.05, 3.63) is 35.2 Å². The summed E-state index contributed by atoms with van der Waals surface area (Å²) in [5, 5.41) is 13.1. The molecule has 0 saturated carbocycles. The van der Waals surface area contributed by atoms with Gasteiger partial charge < -0.3 is 5.32 Å². The monoisotopic (exact) mass is 230 g/mol. The largest absolute Gasteiger partial charge is 0.308 e. The summed E-state index contributed by atoms with van der Waals surface area (Å²) in [5.41, 5.74) is 0. The summed E-state index contributed by atoms with van der Waals surface area (Å²) in [6.07, 6.45) is 0.565. The molecule has 1 aromatic heterocycles. The maximum Gasteiger partial charge on any atom is 0.0635 e. The van der Waals surface area contributed by atoms with Crippen LogP contribution in [0.2, 0.25) is 0 Å². The van der Waals surface area contributed by atoms with Crippen LogP contribution in [0.5, 0.6) is 0 Å². The zero-order valence-corrected chi connectivity index (χ0v) is 10.1. The van der Waals surface area contributed by atoms with E-state index in [4.69, 9.17) is 5.26 Å². The van der Waals surface area contributed by atoms with E-state index in [1.807, 2.05) is 11.3 Å². The SMILES string of the molecule is CC(NCCC#N)c1cc2ccccc2s1. The maximum absolute atomic E-state index is 8.48. The highest BCUT2D eigenvalue weighted by molar-refractivity contribution is 7.19. The van der Waals surface area contributed by atoms with E-state index < -0.39 is 0 Å². The van der Waals surface area contributed by atoms with Crippen molar-refractivity contribution in [1.29, 1.82) is 5.26 Å². The lowest BCUT2D eigenvalue weighted by molar-refractivity contribution is 0.591. The molecule has 1 unspecified atom stereocenters. The van der Waals surface area contributed by atoms with Crippen LogP contribution in [0.3, 0.4) is 0 Å². The summed E-state index contributed by atoms with van der Waals surface area (Å²) >= 11 is 1.82. The number of rotatable bonds is 4. The standard InChI is InChI=1S/C13H14N2S/c1-10(15-8-4-7-14)13-9-11-5-2-3-6-12(11)16-13/h2-3,5-6,9-10,15H,4,8H2,1H3. The molecule has 0 bridgehead atoms. The summed E-state index contributed by atoms with van der Waals surface area (Å²) in [5.74, 6) is 0. The number of hydrogen-bond donors (Lipinski definition) is 1. The fraction of sp³-hybridized carbons (Fsp3) is 0.308. The molecule has 0 aliphatic heterocycles. The molecule has 0 aliphatic carbocycles. The number of nitrogens with zero attached hydrogens (tertiary/aromatic N) is 1. The Morgan fingerprint density at radius 1 is 1.44 bits per heavy atom. The molecule has 0 radical (unpaired) electrons. The Kier molecular flexibility index (Phi) is 3.55. The minimum absolute atomic E-state index is 0.325. The fourth-order valence-corrected chi connectivity index (χ4v) is 2.75. The van der Waals surface area contributed by atoms with Crippen molar-refractivity contribution in [1.82, 2.24) is 5.32 Å². The molecule has 1 N–H and O–H groups in total. The number of nitriles is 1. The van der Waals surface area contributed by atoms with Gasteiger partial charge in [0.15, 0.2) is 0 Å². The van der Waals surface area contributed by atoms with E-state index in [2.05, 4.69) is 48.6 Å². The Balaban J connectivity index is 2.11. The van der Waals surface area contributed by atoms with Crippen LogP contribution < -0.4 is 5.32 Å². The molecule has 2 aromatic rings. The molecule has 1 heterocycles. The quantitative estimate of drug-likeness (QED) is 0.816.